The predicted molar refractivity (Wildman–Crippen MR) is 64.2 cm³/mol. The molecule has 110 valence electrons. The second kappa shape index (κ2) is 6.78. The first-order valence-electron chi connectivity index (χ1n) is 5.70. The van der Waals surface area contributed by atoms with Gasteiger partial charge >= 0.3 is 12.2 Å². The van der Waals surface area contributed by atoms with E-state index in [-0.39, 0.29) is 5.75 Å². The molecular formula is C12H13F3N2O3. The smallest absolute Gasteiger partial charge is 0.416 e. The number of ether oxygens (including phenoxy) is 1. The molecule has 0 heterocycles. The van der Waals surface area contributed by atoms with Gasteiger partial charge in [-0.15, -0.1) is 0 Å². The molecule has 0 aromatic heterocycles. The Morgan fingerprint density at radius 3 is 2.60 bits per heavy atom. The maximum Gasteiger partial charge on any atom is 0.416 e. The molecule has 2 N–H and O–H groups in total. The fraction of sp³-hybridized carbons (Fsp3) is 0.333. The van der Waals surface area contributed by atoms with Crippen molar-refractivity contribution < 1.29 is 27.5 Å². The zero-order valence-electron chi connectivity index (χ0n) is 10.6. The van der Waals surface area contributed by atoms with Crippen molar-refractivity contribution in [3.8, 4) is 5.75 Å². The molecule has 0 aliphatic heterocycles. The van der Waals surface area contributed by atoms with Crippen molar-refractivity contribution in [3.63, 3.8) is 0 Å². The summed E-state index contributed by atoms with van der Waals surface area (Å²) in [5, 5.41) is 4.29. The van der Waals surface area contributed by atoms with Crippen LogP contribution in [0.3, 0.4) is 0 Å². The monoisotopic (exact) mass is 290 g/mol. The Bertz CT molecular complexity index is 489. The number of carbonyl (C=O) groups is 2. The first kappa shape index (κ1) is 15.8. The molecule has 0 aliphatic carbocycles. The van der Waals surface area contributed by atoms with E-state index in [4.69, 9.17) is 4.74 Å². The highest BCUT2D eigenvalue weighted by atomic mass is 19.4. The number of hydrogen-bond donors (Lipinski definition) is 2. The molecule has 1 aromatic rings. The molecule has 0 atom stereocenters. The van der Waals surface area contributed by atoms with Crippen LogP contribution >= 0.6 is 0 Å². The Hall–Kier alpha value is -2.25. The third-order valence-electron chi connectivity index (χ3n) is 2.12. The Kier molecular flexibility index (Phi) is 5.36. The van der Waals surface area contributed by atoms with Gasteiger partial charge in [0.15, 0.2) is 6.61 Å². The highest BCUT2D eigenvalue weighted by Crippen LogP contribution is 2.31. The minimum Gasteiger partial charge on any atom is -0.484 e. The summed E-state index contributed by atoms with van der Waals surface area (Å²) in [5.74, 6) is -0.862. The molecule has 0 spiro atoms. The van der Waals surface area contributed by atoms with Gasteiger partial charge in [0, 0.05) is 6.54 Å². The maximum atomic E-state index is 12.4. The van der Waals surface area contributed by atoms with Crippen LogP contribution < -0.4 is 15.4 Å². The molecule has 0 saturated heterocycles. The first-order valence-corrected chi connectivity index (χ1v) is 5.70. The second-order valence-electron chi connectivity index (χ2n) is 3.72. The Morgan fingerprint density at radius 2 is 2.00 bits per heavy atom. The van der Waals surface area contributed by atoms with Crippen molar-refractivity contribution >= 4 is 11.9 Å². The van der Waals surface area contributed by atoms with E-state index in [0.29, 0.717) is 6.54 Å². The summed E-state index contributed by atoms with van der Waals surface area (Å²) < 4.78 is 42.2. The minimum absolute atomic E-state index is 0.106. The van der Waals surface area contributed by atoms with E-state index in [1.807, 2.05) is 5.32 Å². The summed E-state index contributed by atoms with van der Waals surface area (Å²) >= 11 is 0. The van der Waals surface area contributed by atoms with Gasteiger partial charge in [0.2, 0.25) is 0 Å². The van der Waals surface area contributed by atoms with E-state index in [0.717, 1.165) is 12.1 Å². The number of carbonyl (C=O) groups excluding carboxylic acids is 2. The van der Waals surface area contributed by atoms with Crippen LogP contribution in [0.15, 0.2) is 24.3 Å². The lowest BCUT2D eigenvalue weighted by atomic mass is 10.2. The average molecular weight is 290 g/mol. The number of urea groups is 1. The van der Waals surface area contributed by atoms with Gasteiger partial charge in [-0.25, -0.2) is 4.79 Å². The van der Waals surface area contributed by atoms with Crippen LogP contribution in [-0.4, -0.2) is 25.1 Å². The standard InChI is InChI=1S/C12H13F3N2O3/c1-2-16-11(19)17-10(18)7-20-9-5-3-4-8(6-9)12(13,14)15/h3-6H,2,7H2,1H3,(H2,16,17,18,19). The molecule has 0 saturated carbocycles. The first-order chi connectivity index (χ1) is 9.32. The van der Waals surface area contributed by atoms with Gasteiger partial charge in [0.25, 0.3) is 5.91 Å². The number of amides is 3. The number of halogens is 3. The van der Waals surface area contributed by atoms with Gasteiger partial charge < -0.3 is 10.1 Å². The third kappa shape index (κ3) is 5.17. The summed E-state index contributed by atoms with van der Waals surface area (Å²) in [6, 6.07) is 3.43. The van der Waals surface area contributed by atoms with E-state index in [9.17, 15) is 22.8 Å². The summed E-state index contributed by atoms with van der Waals surface area (Å²) in [7, 11) is 0. The molecule has 20 heavy (non-hydrogen) atoms. The average Bonchev–Trinajstić information content (AvgIpc) is 2.36. The summed E-state index contributed by atoms with van der Waals surface area (Å²) in [6.07, 6.45) is -4.48. The predicted octanol–water partition coefficient (Wildman–Crippen LogP) is 1.93. The molecule has 0 fully saturated rings. The number of alkyl halides is 3. The van der Waals surface area contributed by atoms with Crippen LogP contribution in [0.25, 0.3) is 0 Å². The molecule has 0 bridgehead atoms. The second-order valence-corrected chi connectivity index (χ2v) is 3.72. The largest absolute Gasteiger partial charge is 0.484 e. The van der Waals surface area contributed by atoms with Gasteiger partial charge in [0.1, 0.15) is 5.75 Å². The molecule has 0 aliphatic rings. The highest BCUT2D eigenvalue weighted by Gasteiger charge is 2.30. The van der Waals surface area contributed by atoms with Crippen molar-refractivity contribution in [3.05, 3.63) is 29.8 Å². The number of rotatable bonds is 4. The zero-order chi connectivity index (χ0) is 15.2. The fourth-order valence-electron chi connectivity index (χ4n) is 1.28. The zero-order valence-corrected chi connectivity index (χ0v) is 10.6. The third-order valence-corrected chi connectivity index (χ3v) is 2.12. The number of imide groups is 1. The van der Waals surface area contributed by atoms with E-state index in [1.54, 1.807) is 6.92 Å². The van der Waals surface area contributed by atoms with Crippen LogP contribution in [0.1, 0.15) is 12.5 Å². The normalized spacial score (nSPS) is 10.8. The number of hydrogen-bond acceptors (Lipinski definition) is 3. The van der Waals surface area contributed by atoms with E-state index in [2.05, 4.69) is 5.32 Å². The summed E-state index contributed by atoms with van der Waals surface area (Å²) in [4.78, 5) is 22.3. The van der Waals surface area contributed by atoms with E-state index in [1.165, 1.54) is 12.1 Å². The van der Waals surface area contributed by atoms with Gasteiger partial charge in [-0.1, -0.05) is 6.07 Å². The lowest BCUT2D eigenvalue weighted by molar-refractivity contribution is -0.137. The lowest BCUT2D eigenvalue weighted by Crippen LogP contribution is -2.41. The topological polar surface area (TPSA) is 67.4 Å². The van der Waals surface area contributed by atoms with Crippen molar-refractivity contribution in [2.75, 3.05) is 13.2 Å². The quantitative estimate of drug-likeness (QED) is 0.890. The van der Waals surface area contributed by atoms with Crippen LogP contribution in [0.4, 0.5) is 18.0 Å². The van der Waals surface area contributed by atoms with Crippen LogP contribution in [0.2, 0.25) is 0 Å². The van der Waals surface area contributed by atoms with E-state index < -0.39 is 30.3 Å². The molecular weight excluding hydrogens is 277 g/mol. The van der Waals surface area contributed by atoms with Crippen molar-refractivity contribution in [1.29, 1.82) is 0 Å². The van der Waals surface area contributed by atoms with Gasteiger partial charge in [-0.2, -0.15) is 13.2 Å². The van der Waals surface area contributed by atoms with Gasteiger partial charge in [0.05, 0.1) is 5.56 Å². The Labute approximate surface area is 113 Å². The molecule has 3 amide bonds. The van der Waals surface area contributed by atoms with Gasteiger partial charge in [-0.05, 0) is 25.1 Å². The molecule has 0 unspecified atom stereocenters. The van der Waals surface area contributed by atoms with Crippen LogP contribution in [-0.2, 0) is 11.0 Å². The van der Waals surface area contributed by atoms with Gasteiger partial charge in [-0.3, -0.25) is 10.1 Å². The maximum absolute atomic E-state index is 12.4. The molecule has 0 radical (unpaired) electrons. The SMILES string of the molecule is CCNC(=O)NC(=O)COc1cccc(C(F)(F)F)c1. The Morgan fingerprint density at radius 1 is 1.30 bits per heavy atom. The van der Waals surface area contributed by atoms with Crippen molar-refractivity contribution in [2.45, 2.75) is 13.1 Å². The molecule has 1 aromatic carbocycles. The Balaban J connectivity index is 2.54. The molecule has 1 rings (SSSR count). The molecule has 5 nitrogen and oxygen atoms in total. The van der Waals surface area contributed by atoms with Crippen LogP contribution in [0, 0.1) is 0 Å². The minimum atomic E-state index is -4.48. The van der Waals surface area contributed by atoms with Crippen molar-refractivity contribution in [2.24, 2.45) is 0 Å². The molecule has 8 heteroatoms. The number of benzene rings is 1. The van der Waals surface area contributed by atoms with Crippen molar-refractivity contribution in [1.82, 2.24) is 10.6 Å². The number of nitrogens with one attached hydrogen (secondary N) is 2. The lowest BCUT2D eigenvalue weighted by Gasteiger charge is -2.10. The summed E-state index contributed by atoms with van der Waals surface area (Å²) in [5.41, 5.74) is -0.876. The fourth-order valence-corrected chi connectivity index (χ4v) is 1.28. The highest BCUT2D eigenvalue weighted by molar-refractivity contribution is 5.94. The van der Waals surface area contributed by atoms with Crippen LogP contribution in [0.5, 0.6) is 5.75 Å². The summed E-state index contributed by atoms with van der Waals surface area (Å²) in [6.45, 7) is 1.45. The van der Waals surface area contributed by atoms with E-state index >= 15 is 0 Å².